The zero-order valence-electron chi connectivity index (χ0n) is 5.00. The number of pyridine rings is 1. The minimum absolute atomic E-state index is 0.0694. The van der Waals surface area contributed by atoms with E-state index in [1.807, 2.05) is 5.92 Å². The first kappa shape index (κ1) is 6.56. The highest BCUT2D eigenvalue weighted by Crippen LogP contribution is 2.16. The van der Waals surface area contributed by atoms with E-state index in [2.05, 4.69) is 4.98 Å². The predicted octanol–water partition coefficient (Wildman–Crippen LogP) is 0.908. The van der Waals surface area contributed by atoms with Crippen LogP contribution in [-0.4, -0.2) is 10.1 Å². The summed E-state index contributed by atoms with van der Waals surface area (Å²) in [6, 6.07) is 1.04. The van der Waals surface area contributed by atoms with Gasteiger partial charge in [-0.15, -0.1) is 6.42 Å². The maximum Gasteiger partial charge on any atom is 0.186 e. The zero-order chi connectivity index (χ0) is 7.56. The summed E-state index contributed by atoms with van der Waals surface area (Å²) in [6.07, 6.45) is 6.08. The van der Waals surface area contributed by atoms with Crippen LogP contribution < -0.4 is 0 Å². The van der Waals surface area contributed by atoms with Crippen molar-refractivity contribution in [2.45, 2.75) is 0 Å². The van der Waals surface area contributed by atoms with Gasteiger partial charge in [-0.3, -0.25) is 0 Å². The number of hydrogen-bond acceptors (Lipinski definition) is 2. The summed E-state index contributed by atoms with van der Waals surface area (Å²) in [4.78, 5) is 3.53. The number of nitrogens with zero attached hydrogens (tertiary/aromatic N) is 1. The summed E-state index contributed by atoms with van der Waals surface area (Å²) in [5.41, 5.74) is -0.0694. The van der Waals surface area contributed by atoms with Crippen molar-refractivity contribution in [3.8, 4) is 18.1 Å². The topological polar surface area (TPSA) is 33.1 Å². The van der Waals surface area contributed by atoms with Crippen LogP contribution in [0.15, 0.2) is 12.3 Å². The van der Waals surface area contributed by atoms with E-state index >= 15 is 0 Å². The van der Waals surface area contributed by atoms with E-state index in [0.717, 1.165) is 6.07 Å². The van der Waals surface area contributed by atoms with E-state index in [4.69, 9.17) is 11.5 Å². The molecule has 0 aromatic carbocycles. The maximum absolute atomic E-state index is 12.4. The molecule has 0 aliphatic heterocycles. The van der Waals surface area contributed by atoms with E-state index in [9.17, 15) is 4.39 Å². The molecule has 0 atom stereocenters. The van der Waals surface area contributed by atoms with Gasteiger partial charge >= 0.3 is 0 Å². The summed E-state index contributed by atoms with van der Waals surface area (Å²) >= 11 is 0. The van der Waals surface area contributed by atoms with Crippen LogP contribution in [0.1, 0.15) is 5.69 Å². The maximum atomic E-state index is 12.4. The van der Waals surface area contributed by atoms with Crippen LogP contribution in [0.2, 0.25) is 0 Å². The van der Waals surface area contributed by atoms with Gasteiger partial charge in [-0.2, -0.15) is 0 Å². The molecule has 0 saturated heterocycles. The molecule has 0 fully saturated rings. The van der Waals surface area contributed by atoms with Gasteiger partial charge in [0.25, 0.3) is 0 Å². The minimum Gasteiger partial charge on any atom is -0.503 e. The zero-order valence-corrected chi connectivity index (χ0v) is 5.00. The van der Waals surface area contributed by atoms with Crippen molar-refractivity contribution in [3.63, 3.8) is 0 Å². The summed E-state index contributed by atoms with van der Waals surface area (Å²) in [5, 5.41) is 8.82. The molecule has 0 amide bonds. The third-order valence-electron chi connectivity index (χ3n) is 1.01. The van der Waals surface area contributed by atoms with E-state index < -0.39 is 11.6 Å². The van der Waals surface area contributed by atoms with E-state index in [1.54, 1.807) is 0 Å². The molecular formula is C7H4FNO. The number of halogens is 1. The van der Waals surface area contributed by atoms with Crippen molar-refractivity contribution < 1.29 is 9.50 Å². The van der Waals surface area contributed by atoms with E-state index in [0.29, 0.717) is 0 Å². The number of aromatic nitrogens is 1. The van der Waals surface area contributed by atoms with Crippen LogP contribution in [0.25, 0.3) is 0 Å². The number of aromatic hydroxyl groups is 1. The first-order chi connectivity index (χ1) is 4.75. The first-order valence-electron chi connectivity index (χ1n) is 2.56. The normalized spacial score (nSPS) is 8.80. The van der Waals surface area contributed by atoms with Crippen molar-refractivity contribution in [1.82, 2.24) is 4.98 Å². The lowest BCUT2D eigenvalue weighted by Crippen LogP contribution is -1.85. The summed E-state index contributed by atoms with van der Waals surface area (Å²) in [6.45, 7) is 0. The molecule has 3 heteroatoms. The third kappa shape index (κ3) is 0.914. The third-order valence-corrected chi connectivity index (χ3v) is 1.01. The van der Waals surface area contributed by atoms with Gasteiger partial charge in [-0.1, -0.05) is 0 Å². The molecule has 1 aromatic rings. The molecule has 0 radical (unpaired) electrons. The minimum atomic E-state index is -0.747. The molecule has 10 heavy (non-hydrogen) atoms. The fourth-order valence-electron chi connectivity index (χ4n) is 0.536. The van der Waals surface area contributed by atoms with Crippen LogP contribution in [0, 0.1) is 18.2 Å². The molecule has 0 aliphatic rings. The standard InChI is InChI=1S/C7H4FNO/c1-2-6-7(10)5(8)3-4-9-6/h1,3-4,10H. The number of hydrogen-bond donors (Lipinski definition) is 1. The number of rotatable bonds is 0. The Morgan fingerprint density at radius 1 is 1.70 bits per heavy atom. The molecule has 1 heterocycles. The van der Waals surface area contributed by atoms with Crippen LogP contribution in [-0.2, 0) is 0 Å². The number of terminal acetylenes is 1. The van der Waals surface area contributed by atoms with Crippen molar-refractivity contribution >= 4 is 0 Å². The molecule has 1 rings (SSSR count). The van der Waals surface area contributed by atoms with Gasteiger partial charge in [0.1, 0.15) is 0 Å². The van der Waals surface area contributed by atoms with Crippen LogP contribution in [0.4, 0.5) is 4.39 Å². The summed E-state index contributed by atoms with van der Waals surface area (Å²) in [5.74, 6) is 0.723. The van der Waals surface area contributed by atoms with Crippen LogP contribution >= 0.6 is 0 Å². The van der Waals surface area contributed by atoms with Crippen molar-refractivity contribution in [3.05, 3.63) is 23.8 Å². The highest BCUT2D eigenvalue weighted by molar-refractivity contribution is 5.38. The highest BCUT2D eigenvalue weighted by Gasteiger charge is 2.03. The fourth-order valence-corrected chi connectivity index (χ4v) is 0.536. The Balaban J connectivity index is 3.31. The molecule has 1 aromatic heterocycles. The van der Waals surface area contributed by atoms with Crippen molar-refractivity contribution in [1.29, 1.82) is 0 Å². The molecule has 0 aliphatic carbocycles. The summed E-state index contributed by atoms with van der Waals surface area (Å²) in [7, 11) is 0. The van der Waals surface area contributed by atoms with Crippen LogP contribution in [0.3, 0.4) is 0 Å². The Labute approximate surface area is 57.3 Å². The Morgan fingerprint density at radius 2 is 2.40 bits per heavy atom. The van der Waals surface area contributed by atoms with E-state index in [-0.39, 0.29) is 5.69 Å². The van der Waals surface area contributed by atoms with Crippen molar-refractivity contribution in [2.75, 3.05) is 0 Å². The Hall–Kier alpha value is -1.56. The lowest BCUT2D eigenvalue weighted by atomic mass is 10.3. The van der Waals surface area contributed by atoms with Gasteiger partial charge in [0.15, 0.2) is 17.3 Å². The average Bonchev–Trinajstić information content (AvgIpc) is 1.95. The van der Waals surface area contributed by atoms with Gasteiger partial charge in [-0.25, -0.2) is 9.37 Å². The second-order valence-corrected chi connectivity index (χ2v) is 1.63. The lowest BCUT2D eigenvalue weighted by Gasteiger charge is -1.94. The van der Waals surface area contributed by atoms with Gasteiger partial charge in [0, 0.05) is 6.20 Å². The predicted molar refractivity (Wildman–Crippen MR) is 33.8 cm³/mol. The molecule has 0 bridgehead atoms. The Bertz CT molecular complexity index is 290. The monoisotopic (exact) mass is 137 g/mol. The molecule has 1 N–H and O–H groups in total. The molecule has 0 unspecified atom stereocenters. The van der Waals surface area contributed by atoms with Gasteiger partial charge in [0.05, 0.1) is 0 Å². The van der Waals surface area contributed by atoms with Gasteiger partial charge in [-0.05, 0) is 12.0 Å². The summed E-state index contributed by atoms with van der Waals surface area (Å²) < 4.78 is 12.4. The molecule has 50 valence electrons. The first-order valence-corrected chi connectivity index (χ1v) is 2.56. The molecule has 0 saturated carbocycles. The van der Waals surface area contributed by atoms with Gasteiger partial charge < -0.3 is 5.11 Å². The smallest absolute Gasteiger partial charge is 0.186 e. The fraction of sp³-hybridized carbons (Fsp3) is 0. The van der Waals surface area contributed by atoms with Crippen molar-refractivity contribution in [2.24, 2.45) is 0 Å². The van der Waals surface area contributed by atoms with Gasteiger partial charge in [0.2, 0.25) is 0 Å². The Morgan fingerprint density at radius 3 is 2.90 bits per heavy atom. The molecule has 2 nitrogen and oxygen atoms in total. The second-order valence-electron chi connectivity index (χ2n) is 1.63. The average molecular weight is 137 g/mol. The molecular weight excluding hydrogens is 133 g/mol. The van der Waals surface area contributed by atoms with Crippen LogP contribution in [0.5, 0.6) is 5.75 Å². The largest absolute Gasteiger partial charge is 0.503 e. The quantitative estimate of drug-likeness (QED) is 0.539. The lowest BCUT2D eigenvalue weighted by molar-refractivity contribution is 0.427. The Kier molecular flexibility index (Phi) is 1.55. The van der Waals surface area contributed by atoms with E-state index in [1.165, 1.54) is 6.20 Å². The second kappa shape index (κ2) is 2.36. The SMILES string of the molecule is C#Cc1nccc(F)c1O. The molecule has 0 spiro atoms. The highest BCUT2D eigenvalue weighted by atomic mass is 19.1.